The molecule has 0 aliphatic rings. The number of benzene rings is 3. The van der Waals surface area contributed by atoms with Crippen molar-refractivity contribution in [1.29, 1.82) is 0 Å². The Morgan fingerprint density at radius 2 is 1.57 bits per heavy atom. The predicted molar refractivity (Wildman–Crippen MR) is 137 cm³/mol. The van der Waals surface area contributed by atoms with Crippen molar-refractivity contribution in [3.8, 4) is 5.69 Å². The van der Waals surface area contributed by atoms with Gasteiger partial charge in [-0.3, -0.25) is 9.59 Å². The molecule has 2 amide bonds. The molecule has 0 aliphatic heterocycles. The molecule has 1 aromatic heterocycles. The lowest BCUT2D eigenvalue weighted by atomic mass is 9.95. The Hall–Kier alpha value is -4.35. The molecule has 1 heterocycles. The number of rotatable bonds is 5. The molecular formula is C28H24F6N4O2. The van der Waals surface area contributed by atoms with Crippen LogP contribution >= 0.6 is 0 Å². The van der Waals surface area contributed by atoms with E-state index in [-0.39, 0.29) is 29.4 Å². The Bertz CT molecular complexity index is 1580. The van der Waals surface area contributed by atoms with Crippen LogP contribution in [0.2, 0.25) is 0 Å². The molecule has 0 unspecified atom stereocenters. The third kappa shape index (κ3) is 6.11. The van der Waals surface area contributed by atoms with E-state index >= 15 is 0 Å². The summed E-state index contributed by atoms with van der Waals surface area (Å²) in [4.78, 5) is 25.3. The van der Waals surface area contributed by atoms with Gasteiger partial charge in [-0.15, -0.1) is 0 Å². The average Bonchev–Trinajstić information content (AvgIpc) is 3.31. The number of nitrogens with zero attached hydrogens (tertiary/aromatic N) is 2. The second-order valence-corrected chi connectivity index (χ2v) is 10.1. The minimum Gasteiger partial charge on any atom is -0.352 e. The van der Waals surface area contributed by atoms with Crippen molar-refractivity contribution in [1.82, 2.24) is 15.1 Å². The van der Waals surface area contributed by atoms with Gasteiger partial charge in [0.1, 0.15) is 0 Å². The highest BCUT2D eigenvalue weighted by molar-refractivity contribution is 6.09. The third-order valence-electron chi connectivity index (χ3n) is 6.05. The van der Waals surface area contributed by atoms with E-state index < -0.39 is 40.4 Å². The summed E-state index contributed by atoms with van der Waals surface area (Å²) in [5, 5.41) is 9.55. The van der Waals surface area contributed by atoms with Gasteiger partial charge in [-0.05, 0) is 48.0 Å². The van der Waals surface area contributed by atoms with Crippen LogP contribution in [-0.4, -0.2) is 21.6 Å². The first-order valence-electron chi connectivity index (χ1n) is 12.0. The Balaban J connectivity index is 1.67. The number of carbonyl (C=O) groups excluding carboxylic acids is 2. The zero-order valence-corrected chi connectivity index (χ0v) is 21.5. The zero-order valence-electron chi connectivity index (χ0n) is 21.5. The van der Waals surface area contributed by atoms with E-state index in [9.17, 15) is 35.9 Å². The van der Waals surface area contributed by atoms with E-state index in [1.54, 1.807) is 26.8 Å². The lowest BCUT2D eigenvalue weighted by Crippen LogP contribution is -2.34. The molecule has 0 fully saturated rings. The number of hydrogen-bond donors (Lipinski definition) is 2. The van der Waals surface area contributed by atoms with Gasteiger partial charge < -0.3 is 10.6 Å². The molecule has 0 bridgehead atoms. The van der Waals surface area contributed by atoms with Crippen molar-refractivity contribution in [2.75, 3.05) is 5.32 Å². The van der Waals surface area contributed by atoms with E-state index in [1.807, 2.05) is 0 Å². The molecule has 3 aromatic carbocycles. The molecule has 0 saturated carbocycles. The summed E-state index contributed by atoms with van der Waals surface area (Å²) < 4.78 is 82.1. The van der Waals surface area contributed by atoms with Crippen molar-refractivity contribution in [2.45, 2.75) is 39.7 Å². The van der Waals surface area contributed by atoms with Gasteiger partial charge in [-0.1, -0.05) is 39.0 Å². The van der Waals surface area contributed by atoms with E-state index in [4.69, 9.17) is 0 Å². The number of alkyl halides is 6. The van der Waals surface area contributed by atoms with Gasteiger partial charge >= 0.3 is 12.4 Å². The summed E-state index contributed by atoms with van der Waals surface area (Å²) >= 11 is 0. The number of halogens is 6. The molecule has 0 spiro atoms. The lowest BCUT2D eigenvalue weighted by molar-refractivity contribution is -0.138. The number of carbonyl (C=O) groups is 2. The van der Waals surface area contributed by atoms with Crippen molar-refractivity contribution >= 4 is 28.4 Å². The minimum absolute atomic E-state index is 0.0894. The van der Waals surface area contributed by atoms with Crippen LogP contribution in [-0.2, 0) is 23.7 Å². The zero-order chi connectivity index (χ0) is 29.5. The largest absolute Gasteiger partial charge is 0.417 e. The summed E-state index contributed by atoms with van der Waals surface area (Å²) in [6, 6.07) is 12.0. The fourth-order valence-corrected chi connectivity index (χ4v) is 3.95. The highest BCUT2D eigenvalue weighted by Gasteiger charge is 2.35. The fraction of sp³-hybridized carbons (Fsp3) is 0.250. The maximum absolute atomic E-state index is 13.8. The van der Waals surface area contributed by atoms with Crippen LogP contribution in [0, 0.1) is 5.41 Å². The molecule has 12 heteroatoms. The van der Waals surface area contributed by atoms with Crippen molar-refractivity contribution in [2.24, 2.45) is 5.41 Å². The molecule has 4 rings (SSSR count). The summed E-state index contributed by atoms with van der Waals surface area (Å²) in [6.45, 7) is 4.96. The Kier molecular flexibility index (Phi) is 7.39. The summed E-state index contributed by atoms with van der Waals surface area (Å²) in [5.41, 5.74) is -2.59. The van der Waals surface area contributed by atoms with E-state index in [1.165, 1.54) is 41.2 Å². The molecule has 40 heavy (non-hydrogen) atoms. The van der Waals surface area contributed by atoms with Crippen LogP contribution in [0.15, 0.2) is 66.9 Å². The van der Waals surface area contributed by atoms with Gasteiger partial charge in [0, 0.05) is 17.3 Å². The maximum Gasteiger partial charge on any atom is 0.417 e. The first kappa shape index (κ1) is 28.7. The normalized spacial score (nSPS) is 12.4. The molecule has 6 nitrogen and oxygen atoms in total. The molecule has 0 aliphatic carbocycles. The summed E-state index contributed by atoms with van der Waals surface area (Å²) in [6.07, 6.45) is -8.10. The van der Waals surface area contributed by atoms with Gasteiger partial charge in [0.25, 0.3) is 5.91 Å². The quantitative estimate of drug-likeness (QED) is 0.258. The average molecular weight is 563 g/mol. The van der Waals surface area contributed by atoms with E-state index in [0.29, 0.717) is 10.9 Å². The van der Waals surface area contributed by atoms with Crippen molar-refractivity contribution in [3.63, 3.8) is 0 Å². The monoisotopic (exact) mass is 562 g/mol. The molecule has 0 atom stereocenters. The Morgan fingerprint density at radius 1 is 0.875 bits per heavy atom. The van der Waals surface area contributed by atoms with E-state index in [2.05, 4.69) is 15.7 Å². The minimum atomic E-state index is -4.83. The number of aromatic nitrogens is 2. The number of anilines is 1. The topological polar surface area (TPSA) is 76.0 Å². The van der Waals surface area contributed by atoms with Crippen molar-refractivity contribution in [3.05, 3.63) is 89.1 Å². The smallest absolute Gasteiger partial charge is 0.352 e. The number of amides is 2. The molecule has 0 saturated heterocycles. The van der Waals surface area contributed by atoms with Gasteiger partial charge in [0.2, 0.25) is 5.91 Å². The second kappa shape index (κ2) is 10.3. The number of hydrogen-bond acceptors (Lipinski definition) is 3. The summed E-state index contributed by atoms with van der Waals surface area (Å²) in [7, 11) is 0. The summed E-state index contributed by atoms with van der Waals surface area (Å²) in [5.74, 6) is -1.38. The van der Waals surface area contributed by atoms with Crippen LogP contribution in [0.1, 0.15) is 47.8 Å². The lowest BCUT2D eigenvalue weighted by Gasteiger charge is -2.19. The number of fused-ring (bicyclic) bond motifs is 1. The van der Waals surface area contributed by atoms with Gasteiger partial charge in [-0.25, -0.2) is 4.68 Å². The second-order valence-electron chi connectivity index (χ2n) is 10.1. The highest BCUT2D eigenvalue weighted by atomic mass is 19.4. The van der Waals surface area contributed by atoms with E-state index in [0.717, 1.165) is 24.3 Å². The predicted octanol–water partition coefficient (Wildman–Crippen LogP) is 6.98. The van der Waals surface area contributed by atoms with Crippen LogP contribution in [0.3, 0.4) is 0 Å². The van der Waals surface area contributed by atoms with Crippen LogP contribution in [0.5, 0.6) is 0 Å². The highest BCUT2D eigenvalue weighted by Crippen LogP contribution is 2.34. The molecule has 210 valence electrons. The van der Waals surface area contributed by atoms with Gasteiger partial charge in [0.05, 0.1) is 39.8 Å². The van der Waals surface area contributed by atoms with Crippen LogP contribution in [0.4, 0.5) is 32.0 Å². The molecule has 2 N–H and O–H groups in total. The maximum atomic E-state index is 13.8. The van der Waals surface area contributed by atoms with Gasteiger partial charge in [0.15, 0.2) is 0 Å². The molecular weight excluding hydrogens is 538 g/mol. The third-order valence-corrected chi connectivity index (χ3v) is 6.05. The standard InChI is InChI=1S/C28H24F6N4O2/c1-26(2,3)25(40)35-14-16-10-11-21(28(32,33)34)19(12-16)24(39)37-22-8-5-9-23-20(22)15-36-38(23)18-7-4-6-17(13-18)27(29,30)31/h4-13,15H,14H2,1-3H3,(H,35,40)(H,37,39). The first-order chi connectivity index (χ1) is 18.6. The number of nitrogens with one attached hydrogen (secondary N) is 2. The first-order valence-corrected chi connectivity index (χ1v) is 12.0. The van der Waals surface area contributed by atoms with Gasteiger partial charge in [-0.2, -0.15) is 31.4 Å². The van der Waals surface area contributed by atoms with Crippen LogP contribution < -0.4 is 10.6 Å². The molecule has 0 radical (unpaired) electrons. The fourth-order valence-electron chi connectivity index (χ4n) is 3.95. The Labute approximate surface area is 225 Å². The molecule has 4 aromatic rings. The van der Waals surface area contributed by atoms with Crippen molar-refractivity contribution < 1.29 is 35.9 Å². The van der Waals surface area contributed by atoms with Crippen LogP contribution in [0.25, 0.3) is 16.6 Å². The Morgan fingerprint density at radius 3 is 2.23 bits per heavy atom. The SMILES string of the molecule is CC(C)(C)C(=O)NCc1ccc(C(F)(F)F)c(C(=O)Nc2cccc3c2cnn3-c2cccc(C(F)(F)F)c2)c1.